The van der Waals surface area contributed by atoms with E-state index in [0.29, 0.717) is 0 Å². The van der Waals surface area contributed by atoms with Crippen molar-refractivity contribution in [3.05, 3.63) is 61.2 Å². The smallest absolute Gasteiger partial charge is 0.0905 e. The average molecular weight is 181 g/mol. The Morgan fingerprint density at radius 1 is 0.929 bits per heavy atom. The fourth-order valence-electron chi connectivity index (χ4n) is 1.13. The third kappa shape index (κ3) is 2.76. The molecule has 14 heavy (non-hydrogen) atoms. The molecule has 0 saturated carbocycles. The van der Waals surface area contributed by atoms with Crippen molar-refractivity contribution < 1.29 is 0 Å². The molecule has 0 unspecified atom stereocenters. The summed E-state index contributed by atoms with van der Waals surface area (Å²) in [7, 11) is 0. The van der Waals surface area contributed by atoms with Crippen LogP contribution in [0.1, 0.15) is 0 Å². The number of rotatable bonds is 0. The molecular weight excluding hydrogens is 170 g/mol. The quantitative estimate of drug-likeness (QED) is 0.570. The maximum Gasteiger partial charge on any atom is 0.0905 e. The van der Waals surface area contributed by atoms with E-state index < -0.39 is 0 Å². The zero-order valence-electron chi connectivity index (χ0n) is 7.85. The molecule has 0 spiro atoms. The van der Waals surface area contributed by atoms with Crippen LogP contribution in [-0.2, 0) is 0 Å². The summed E-state index contributed by atoms with van der Waals surface area (Å²) in [4.78, 5) is 0. The van der Waals surface area contributed by atoms with E-state index >= 15 is 0 Å². The van der Waals surface area contributed by atoms with Gasteiger partial charge in [-0.1, -0.05) is 55.1 Å². The van der Waals surface area contributed by atoms with E-state index in [2.05, 4.69) is 55.1 Å². The molecule has 1 nitrogen and oxygen atoms in total. The van der Waals surface area contributed by atoms with Gasteiger partial charge in [-0.25, -0.2) is 0 Å². The third-order valence-electron chi connectivity index (χ3n) is 1.75. The second kappa shape index (κ2) is 5.55. The molecule has 0 aliphatic carbocycles. The van der Waals surface area contributed by atoms with Gasteiger partial charge >= 0.3 is 0 Å². The Morgan fingerprint density at radius 3 is 1.43 bits per heavy atom. The topological polar surface area (TPSA) is 23.8 Å². The van der Waals surface area contributed by atoms with Crippen LogP contribution in [0.15, 0.2) is 61.2 Å². The minimum Gasteiger partial charge on any atom is -0.193 e. The normalized spacial score (nSPS) is 8.21. The second-order valence-corrected chi connectivity index (χ2v) is 2.68. The van der Waals surface area contributed by atoms with Crippen molar-refractivity contribution in [1.82, 2.24) is 0 Å². The number of nitriles is 1. The lowest BCUT2D eigenvalue weighted by Gasteiger charge is -1.92. The predicted molar refractivity (Wildman–Crippen MR) is 59.8 cm³/mol. The molecule has 1 heteroatoms. The highest BCUT2D eigenvalue weighted by molar-refractivity contribution is 5.81. The molecule has 2 rings (SSSR count). The molecule has 0 radical (unpaired) electrons. The van der Waals surface area contributed by atoms with Crippen molar-refractivity contribution >= 4 is 10.8 Å². The largest absolute Gasteiger partial charge is 0.193 e. The summed E-state index contributed by atoms with van der Waals surface area (Å²) in [6, 6.07) is 18.4. The molecular formula is C13H11N. The molecule has 68 valence electrons. The number of allylic oxidation sites excluding steroid dienone is 1. The van der Waals surface area contributed by atoms with E-state index in [0.717, 1.165) is 0 Å². The van der Waals surface area contributed by atoms with Crippen molar-refractivity contribution in [3.63, 3.8) is 0 Å². The van der Waals surface area contributed by atoms with Gasteiger partial charge in [-0.05, 0) is 10.8 Å². The summed E-state index contributed by atoms with van der Waals surface area (Å²) in [5.41, 5.74) is 0. The minimum absolute atomic E-state index is 1.18. The molecule has 0 saturated heterocycles. The van der Waals surface area contributed by atoms with Gasteiger partial charge in [0.1, 0.15) is 0 Å². The summed E-state index contributed by atoms with van der Waals surface area (Å²) in [6.45, 7) is 3.12. The molecule has 0 aliphatic heterocycles. The monoisotopic (exact) mass is 181 g/mol. The fourth-order valence-corrected chi connectivity index (χ4v) is 1.13. The van der Waals surface area contributed by atoms with Gasteiger partial charge in [-0.3, -0.25) is 0 Å². The summed E-state index contributed by atoms with van der Waals surface area (Å²) < 4.78 is 0. The first-order valence-corrected chi connectivity index (χ1v) is 4.33. The SMILES string of the molecule is C=CC#N.c1ccc2ccccc2c1. The minimum atomic E-state index is 1.18. The number of fused-ring (bicyclic) bond motifs is 1. The number of hydrogen-bond donors (Lipinski definition) is 0. The summed E-state index contributed by atoms with van der Waals surface area (Å²) in [5.74, 6) is 0. The Morgan fingerprint density at radius 2 is 1.21 bits per heavy atom. The van der Waals surface area contributed by atoms with Crippen LogP contribution in [0.5, 0.6) is 0 Å². The molecule has 0 aliphatic rings. The lowest BCUT2D eigenvalue weighted by Crippen LogP contribution is -1.67. The van der Waals surface area contributed by atoms with Crippen molar-refractivity contribution in [2.24, 2.45) is 0 Å². The zero-order valence-corrected chi connectivity index (χ0v) is 7.85. The van der Waals surface area contributed by atoms with E-state index in [1.807, 2.05) is 0 Å². The van der Waals surface area contributed by atoms with Crippen LogP contribution in [0.25, 0.3) is 10.8 Å². The standard InChI is InChI=1S/C10H8.C3H3N/c1-2-6-10-8-4-3-7-9(10)5-1;1-2-3-4/h1-8H;2H,1H2. The average Bonchev–Trinajstić information content (AvgIpc) is 2.30. The highest BCUT2D eigenvalue weighted by Crippen LogP contribution is 2.11. The van der Waals surface area contributed by atoms with Crippen LogP contribution in [0.3, 0.4) is 0 Å². The van der Waals surface area contributed by atoms with Gasteiger partial charge in [-0.2, -0.15) is 5.26 Å². The highest BCUT2D eigenvalue weighted by atomic mass is 14.2. The number of benzene rings is 2. The van der Waals surface area contributed by atoms with Crippen LogP contribution in [0, 0.1) is 11.3 Å². The Labute approximate surface area is 83.9 Å². The van der Waals surface area contributed by atoms with Gasteiger partial charge < -0.3 is 0 Å². The number of nitrogens with zero attached hydrogens (tertiary/aromatic N) is 1. The van der Waals surface area contributed by atoms with Gasteiger partial charge in [0.25, 0.3) is 0 Å². The van der Waals surface area contributed by atoms with Crippen molar-refractivity contribution in [1.29, 1.82) is 5.26 Å². The molecule has 2 aromatic carbocycles. The zero-order chi connectivity index (χ0) is 10.2. The molecule has 0 heterocycles. The fraction of sp³-hybridized carbons (Fsp3) is 0. The van der Waals surface area contributed by atoms with E-state index in [4.69, 9.17) is 5.26 Å². The Hall–Kier alpha value is -2.07. The van der Waals surface area contributed by atoms with Crippen molar-refractivity contribution in [2.45, 2.75) is 0 Å². The van der Waals surface area contributed by atoms with Crippen molar-refractivity contribution in [2.75, 3.05) is 0 Å². The van der Waals surface area contributed by atoms with E-state index in [9.17, 15) is 0 Å². The van der Waals surface area contributed by atoms with Gasteiger partial charge in [0.05, 0.1) is 6.07 Å². The molecule has 0 N–H and O–H groups in total. The lowest BCUT2D eigenvalue weighted by molar-refractivity contribution is 1.54. The van der Waals surface area contributed by atoms with Gasteiger partial charge in [0.2, 0.25) is 0 Å². The Bertz CT molecular complexity index is 386. The van der Waals surface area contributed by atoms with Crippen LogP contribution < -0.4 is 0 Å². The van der Waals surface area contributed by atoms with Crippen molar-refractivity contribution in [3.8, 4) is 6.07 Å². The molecule has 0 fully saturated rings. The van der Waals surface area contributed by atoms with Crippen LogP contribution in [0.4, 0.5) is 0 Å². The molecule has 0 amide bonds. The van der Waals surface area contributed by atoms with Crippen LogP contribution in [0.2, 0.25) is 0 Å². The second-order valence-electron chi connectivity index (χ2n) is 2.68. The lowest BCUT2D eigenvalue weighted by atomic mass is 10.1. The summed E-state index contributed by atoms with van der Waals surface area (Å²) in [5, 5.41) is 10.1. The molecule has 0 atom stereocenters. The highest BCUT2D eigenvalue weighted by Gasteiger charge is 1.85. The summed E-state index contributed by atoms with van der Waals surface area (Å²) >= 11 is 0. The summed E-state index contributed by atoms with van der Waals surface area (Å²) in [6.07, 6.45) is 1.18. The first-order valence-electron chi connectivity index (χ1n) is 4.33. The predicted octanol–water partition coefficient (Wildman–Crippen LogP) is 3.54. The first kappa shape index (κ1) is 10.0. The Kier molecular flexibility index (Phi) is 3.97. The molecule has 0 aromatic heterocycles. The maximum absolute atomic E-state index is 7.51. The first-order chi connectivity index (χ1) is 6.88. The van der Waals surface area contributed by atoms with E-state index in [-0.39, 0.29) is 0 Å². The van der Waals surface area contributed by atoms with Gasteiger partial charge in [0.15, 0.2) is 0 Å². The molecule has 2 aromatic rings. The Balaban J connectivity index is 0.000000213. The number of hydrogen-bond acceptors (Lipinski definition) is 1. The van der Waals surface area contributed by atoms with Gasteiger partial charge in [-0.15, -0.1) is 0 Å². The van der Waals surface area contributed by atoms with Crippen LogP contribution >= 0.6 is 0 Å². The van der Waals surface area contributed by atoms with Crippen LogP contribution in [-0.4, -0.2) is 0 Å². The molecule has 0 bridgehead atoms. The van der Waals surface area contributed by atoms with E-state index in [1.165, 1.54) is 16.8 Å². The third-order valence-corrected chi connectivity index (χ3v) is 1.75. The maximum atomic E-state index is 7.51. The van der Waals surface area contributed by atoms with E-state index in [1.54, 1.807) is 6.07 Å². The van der Waals surface area contributed by atoms with Gasteiger partial charge in [0, 0.05) is 6.08 Å².